The van der Waals surface area contributed by atoms with E-state index in [4.69, 9.17) is 0 Å². The molecule has 2 amide bonds. The number of aromatic nitrogens is 2. The fourth-order valence-corrected chi connectivity index (χ4v) is 3.48. The van der Waals surface area contributed by atoms with Gasteiger partial charge in [-0.15, -0.1) is 0 Å². The molecule has 1 N–H and O–H groups in total. The zero-order valence-corrected chi connectivity index (χ0v) is 11.5. The maximum atomic E-state index is 12.7. The van der Waals surface area contributed by atoms with Crippen LogP contribution in [0.2, 0.25) is 0 Å². The van der Waals surface area contributed by atoms with Gasteiger partial charge in [-0.2, -0.15) is 0 Å². The Morgan fingerprint density at radius 2 is 2.00 bits per heavy atom. The van der Waals surface area contributed by atoms with Crippen LogP contribution in [0.3, 0.4) is 0 Å². The van der Waals surface area contributed by atoms with Crippen LogP contribution >= 0.6 is 0 Å². The maximum Gasteiger partial charge on any atom is 0.329 e. The van der Waals surface area contributed by atoms with Crippen LogP contribution in [0.25, 0.3) is 11.0 Å². The van der Waals surface area contributed by atoms with Gasteiger partial charge in [0, 0.05) is 13.0 Å². The van der Waals surface area contributed by atoms with Crippen LogP contribution < -0.4 is 11.0 Å². The van der Waals surface area contributed by atoms with Crippen LogP contribution in [0.15, 0.2) is 23.0 Å². The SMILES string of the molecule is O=C1CCC(n2c(=O)n3c4c(cccc42)CCC3)C(=O)N1. The highest BCUT2D eigenvalue weighted by Crippen LogP contribution is 2.28. The number of para-hydroxylation sites is 1. The van der Waals surface area contributed by atoms with Gasteiger partial charge < -0.3 is 0 Å². The average Bonchev–Trinajstić information content (AvgIpc) is 2.75. The fraction of sp³-hybridized carbons (Fsp3) is 0.400. The number of rotatable bonds is 1. The highest BCUT2D eigenvalue weighted by atomic mass is 16.2. The first-order valence-electron chi connectivity index (χ1n) is 7.23. The molecule has 3 heterocycles. The van der Waals surface area contributed by atoms with E-state index in [1.807, 2.05) is 18.2 Å². The number of hydrogen-bond donors (Lipinski definition) is 1. The van der Waals surface area contributed by atoms with Gasteiger partial charge in [0.15, 0.2) is 0 Å². The lowest BCUT2D eigenvalue weighted by Gasteiger charge is -2.21. The minimum atomic E-state index is -0.590. The molecule has 108 valence electrons. The number of aryl methyl sites for hydroxylation is 2. The van der Waals surface area contributed by atoms with Crippen LogP contribution in [-0.2, 0) is 22.6 Å². The third-order valence-electron chi connectivity index (χ3n) is 4.41. The van der Waals surface area contributed by atoms with Gasteiger partial charge in [-0.05, 0) is 30.9 Å². The van der Waals surface area contributed by atoms with Gasteiger partial charge in [-0.25, -0.2) is 4.79 Å². The number of amides is 2. The second-order valence-corrected chi connectivity index (χ2v) is 5.66. The molecular weight excluding hydrogens is 270 g/mol. The molecule has 2 aliphatic heterocycles. The summed E-state index contributed by atoms with van der Waals surface area (Å²) in [6.45, 7) is 0.687. The van der Waals surface area contributed by atoms with Crippen LogP contribution in [0.4, 0.5) is 0 Å². The Balaban J connectivity index is 1.96. The Bertz CT molecular complexity index is 831. The summed E-state index contributed by atoms with van der Waals surface area (Å²) in [6, 6.07) is 5.25. The number of nitrogens with one attached hydrogen (secondary N) is 1. The summed E-state index contributed by atoms with van der Waals surface area (Å²) in [5.74, 6) is -0.643. The van der Waals surface area contributed by atoms with Gasteiger partial charge in [0.05, 0.1) is 11.0 Å². The Morgan fingerprint density at radius 1 is 1.14 bits per heavy atom. The monoisotopic (exact) mass is 285 g/mol. The number of piperidine rings is 1. The van der Waals surface area contributed by atoms with Gasteiger partial charge in [0.2, 0.25) is 11.8 Å². The predicted octanol–water partition coefficient (Wildman–Crippen LogP) is 0.727. The van der Waals surface area contributed by atoms with Crippen LogP contribution in [0.5, 0.6) is 0 Å². The van der Waals surface area contributed by atoms with E-state index in [1.54, 1.807) is 9.13 Å². The number of benzene rings is 1. The van der Waals surface area contributed by atoms with Crippen molar-refractivity contribution >= 4 is 22.8 Å². The van der Waals surface area contributed by atoms with Gasteiger partial charge in [-0.3, -0.25) is 24.0 Å². The van der Waals surface area contributed by atoms with E-state index < -0.39 is 6.04 Å². The molecule has 6 nitrogen and oxygen atoms in total. The molecule has 0 bridgehead atoms. The number of imide groups is 1. The molecule has 6 heteroatoms. The second kappa shape index (κ2) is 4.31. The third-order valence-corrected chi connectivity index (χ3v) is 4.41. The van der Waals surface area contributed by atoms with Crippen molar-refractivity contribution in [2.75, 3.05) is 0 Å². The molecule has 1 aromatic heterocycles. The molecular formula is C15H15N3O3. The van der Waals surface area contributed by atoms with E-state index in [0.717, 1.165) is 29.4 Å². The summed E-state index contributed by atoms with van der Waals surface area (Å²) >= 11 is 0. The molecule has 2 aromatic rings. The van der Waals surface area contributed by atoms with E-state index in [-0.39, 0.29) is 23.9 Å². The lowest BCUT2D eigenvalue weighted by molar-refractivity contribution is -0.135. The fourth-order valence-electron chi connectivity index (χ4n) is 3.48. The van der Waals surface area contributed by atoms with Crippen molar-refractivity contribution in [3.05, 3.63) is 34.2 Å². The van der Waals surface area contributed by atoms with Crippen molar-refractivity contribution in [2.24, 2.45) is 0 Å². The maximum absolute atomic E-state index is 12.7. The zero-order chi connectivity index (χ0) is 14.6. The highest BCUT2D eigenvalue weighted by molar-refractivity contribution is 6.00. The molecule has 21 heavy (non-hydrogen) atoms. The Labute approximate surface area is 120 Å². The van der Waals surface area contributed by atoms with Crippen molar-refractivity contribution < 1.29 is 9.59 Å². The van der Waals surface area contributed by atoms with Gasteiger partial charge in [0.1, 0.15) is 6.04 Å². The second-order valence-electron chi connectivity index (χ2n) is 5.66. The molecule has 0 aliphatic carbocycles. The first-order valence-corrected chi connectivity index (χ1v) is 7.23. The molecule has 4 rings (SSSR count). The smallest absolute Gasteiger partial charge is 0.295 e. The molecule has 1 unspecified atom stereocenters. The lowest BCUT2D eigenvalue weighted by Crippen LogP contribution is -2.44. The van der Waals surface area contributed by atoms with Gasteiger partial charge in [-0.1, -0.05) is 12.1 Å². The Hall–Kier alpha value is -2.37. The largest absolute Gasteiger partial charge is 0.329 e. The molecule has 1 saturated heterocycles. The number of hydrogen-bond acceptors (Lipinski definition) is 3. The van der Waals surface area contributed by atoms with E-state index in [2.05, 4.69) is 5.32 Å². The molecule has 1 fully saturated rings. The molecule has 1 atom stereocenters. The number of imidazole rings is 1. The number of nitrogens with zero attached hydrogens (tertiary/aromatic N) is 2. The number of carbonyl (C=O) groups is 2. The summed E-state index contributed by atoms with van der Waals surface area (Å²) in [5, 5.41) is 2.33. The van der Waals surface area contributed by atoms with E-state index in [1.165, 1.54) is 0 Å². The first-order chi connectivity index (χ1) is 10.2. The minimum absolute atomic E-state index is 0.147. The summed E-state index contributed by atoms with van der Waals surface area (Å²) < 4.78 is 3.32. The molecule has 2 aliphatic rings. The van der Waals surface area contributed by atoms with Crippen LogP contribution in [0.1, 0.15) is 30.9 Å². The van der Waals surface area contributed by atoms with Crippen molar-refractivity contribution in [1.82, 2.24) is 14.5 Å². The minimum Gasteiger partial charge on any atom is -0.295 e. The summed E-state index contributed by atoms with van der Waals surface area (Å²) in [6.07, 6.45) is 2.55. The molecule has 0 spiro atoms. The number of carbonyl (C=O) groups excluding carboxylic acids is 2. The van der Waals surface area contributed by atoms with Crippen molar-refractivity contribution in [2.45, 2.75) is 38.3 Å². The Kier molecular flexibility index (Phi) is 2.54. The van der Waals surface area contributed by atoms with E-state index in [9.17, 15) is 14.4 Å². The summed E-state index contributed by atoms with van der Waals surface area (Å²) in [4.78, 5) is 36.1. The normalized spacial score (nSPS) is 21.6. The standard InChI is InChI=1S/C15H15N3O3/c19-12-7-6-11(14(20)16-12)18-10-5-1-3-9-4-2-8-17(13(9)10)15(18)21/h1,3,5,11H,2,4,6-8H2,(H,16,19,20). The van der Waals surface area contributed by atoms with Gasteiger partial charge >= 0.3 is 5.69 Å². The third kappa shape index (κ3) is 1.68. The summed E-state index contributed by atoms with van der Waals surface area (Å²) in [7, 11) is 0. The quantitative estimate of drug-likeness (QED) is 0.785. The van der Waals surface area contributed by atoms with E-state index >= 15 is 0 Å². The molecule has 0 radical (unpaired) electrons. The van der Waals surface area contributed by atoms with Crippen molar-refractivity contribution in [3.8, 4) is 0 Å². The molecule has 1 aromatic carbocycles. The molecule has 0 saturated carbocycles. The van der Waals surface area contributed by atoms with Crippen LogP contribution in [-0.4, -0.2) is 20.9 Å². The Morgan fingerprint density at radius 3 is 2.81 bits per heavy atom. The van der Waals surface area contributed by atoms with E-state index in [0.29, 0.717) is 13.0 Å². The first kappa shape index (κ1) is 12.4. The van der Waals surface area contributed by atoms with Crippen LogP contribution in [0, 0.1) is 0 Å². The lowest BCUT2D eigenvalue weighted by atomic mass is 10.0. The predicted molar refractivity (Wildman–Crippen MR) is 75.9 cm³/mol. The summed E-state index contributed by atoms with van der Waals surface area (Å²) in [5.41, 5.74) is 2.75. The highest BCUT2D eigenvalue weighted by Gasteiger charge is 2.32. The van der Waals surface area contributed by atoms with Crippen molar-refractivity contribution in [3.63, 3.8) is 0 Å². The topological polar surface area (TPSA) is 73.1 Å². The van der Waals surface area contributed by atoms with Crippen molar-refractivity contribution in [1.29, 1.82) is 0 Å². The average molecular weight is 285 g/mol. The van der Waals surface area contributed by atoms with Gasteiger partial charge in [0.25, 0.3) is 0 Å². The zero-order valence-electron chi connectivity index (χ0n) is 11.5.